The predicted molar refractivity (Wildman–Crippen MR) is 76.2 cm³/mol. The van der Waals surface area contributed by atoms with Gasteiger partial charge in [-0.25, -0.2) is 0 Å². The van der Waals surface area contributed by atoms with Crippen LogP contribution in [0.5, 0.6) is 5.75 Å². The third-order valence-electron chi connectivity index (χ3n) is 3.98. The first kappa shape index (κ1) is 13.4. The van der Waals surface area contributed by atoms with Crippen LogP contribution in [0.3, 0.4) is 0 Å². The molecule has 1 atom stereocenters. The number of nitrogens with one attached hydrogen (secondary N) is 2. The molecule has 3 saturated heterocycles. The maximum atomic E-state index is 12.1. The Morgan fingerprint density at radius 3 is 2.50 bits per heavy atom. The van der Waals surface area contributed by atoms with Crippen molar-refractivity contribution in [2.75, 3.05) is 7.11 Å². The molecule has 0 aliphatic carbocycles. The number of carbonyl (C=O) groups excluding carboxylic acids is 2. The van der Waals surface area contributed by atoms with Gasteiger partial charge in [-0.2, -0.15) is 0 Å². The van der Waals surface area contributed by atoms with Crippen molar-refractivity contribution >= 4 is 27.7 Å². The second-order valence-electron chi connectivity index (χ2n) is 5.49. The molecule has 20 heavy (non-hydrogen) atoms. The van der Waals surface area contributed by atoms with Crippen molar-refractivity contribution in [1.82, 2.24) is 10.6 Å². The van der Waals surface area contributed by atoms with Gasteiger partial charge in [0.25, 0.3) is 0 Å². The average Bonchev–Trinajstić information content (AvgIpc) is 2.36. The number of halogens is 1. The lowest BCUT2D eigenvalue weighted by Crippen LogP contribution is -2.72. The van der Waals surface area contributed by atoms with Gasteiger partial charge in [0.2, 0.25) is 11.8 Å². The van der Waals surface area contributed by atoms with Gasteiger partial charge in [0.05, 0.1) is 7.11 Å². The molecular formula is C14H15BrN2O3. The molecule has 4 rings (SSSR count). The number of piperidine rings is 2. The topological polar surface area (TPSA) is 67.4 Å². The standard InChI is InChI=1S/C14H15BrN2O3/c1-14-6-9(11(12(18)16-14)13(19)17-14)8-5-7(15)3-4-10(8)20-2/h3-5,9,11H,6H2,1-2H3,(H,16,18)(H,17,19)/t9-,11?,14?/m1/s1. The molecule has 2 amide bonds. The van der Waals surface area contributed by atoms with Crippen molar-refractivity contribution in [3.8, 4) is 5.75 Å². The van der Waals surface area contributed by atoms with Gasteiger partial charge in [-0.05, 0) is 37.1 Å². The Kier molecular flexibility index (Phi) is 3.01. The highest BCUT2D eigenvalue weighted by molar-refractivity contribution is 9.10. The van der Waals surface area contributed by atoms with Crippen LogP contribution in [0.1, 0.15) is 24.8 Å². The van der Waals surface area contributed by atoms with Gasteiger partial charge < -0.3 is 15.4 Å². The molecule has 3 fully saturated rings. The van der Waals surface area contributed by atoms with Gasteiger partial charge in [-0.15, -0.1) is 0 Å². The molecule has 6 heteroatoms. The number of amides is 2. The monoisotopic (exact) mass is 338 g/mol. The summed E-state index contributed by atoms with van der Waals surface area (Å²) in [5.41, 5.74) is 0.212. The van der Waals surface area contributed by atoms with E-state index in [4.69, 9.17) is 4.74 Å². The number of ether oxygens (including phenoxy) is 1. The van der Waals surface area contributed by atoms with E-state index in [1.807, 2.05) is 25.1 Å². The number of rotatable bonds is 2. The molecule has 2 N–H and O–H groups in total. The van der Waals surface area contributed by atoms with Crippen LogP contribution in [-0.2, 0) is 9.59 Å². The van der Waals surface area contributed by atoms with E-state index in [0.29, 0.717) is 12.2 Å². The second-order valence-corrected chi connectivity index (χ2v) is 6.40. The van der Waals surface area contributed by atoms with Gasteiger partial charge in [0.1, 0.15) is 17.3 Å². The van der Waals surface area contributed by atoms with Gasteiger partial charge in [-0.3, -0.25) is 9.59 Å². The summed E-state index contributed by atoms with van der Waals surface area (Å²) in [7, 11) is 1.59. The van der Waals surface area contributed by atoms with Crippen molar-refractivity contribution in [2.24, 2.45) is 5.92 Å². The highest BCUT2D eigenvalue weighted by Gasteiger charge is 2.53. The molecule has 3 aliphatic heterocycles. The summed E-state index contributed by atoms with van der Waals surface area (Å²) in [5.74, 6) is -0.589. The lowest BCUT2D eigenvalue weighted by molar-refractivity contribution is -0.149. The van der Waals surface area contributed by atoms with Gasteiger partial charge in [-0.1, -0.05) is 15.9 Å². The molecule has 2 bridgehead atoms. The summed E-state index contributed by atoms with van der Waals surface area (Å²) >= 11 is 3.43. The van der Waals surface area contributed by atoms with E-state index in [9.17, 15) is 9.59 Å². The Labute approximate surface area is 125 Å². The smallest absolute Gasteiger partial charge is 0.235 e. The van der Waals surface area contributed by atoms with Crippen LogP contribution in [-0.4, -0.2) is 24.6 Å². The molecule has 3 aliphatic rings. The third-order valence-corrected chi connectivity index (χ3v) is 4.48. The molecule has 0 unspecified atom stereocenters. The van der Waals surface area contributed by atoms with Crippen molar-refractivity contribution < 1.29 is 14.3 Å². The highest BCUT2D eigenvalue weighted by atomic mass is 79.9. The Morgan fingerprint density at radius 2 is 1.95 bits per heavy atom. The number of fused-ring (bicyclic) bond motifs is 3. The van der Waals surface area contributed by atoms with Crippen molar-refractivity contribution in [2.45, 2.75) is 24.9 Å². The molecule has 1 aromatic carbocycles. The van der Waals surface area contributed by atoms with Crippen LogP contribution in [0.4, 0.5) is 0 Å². The zero-order valence-electron chi connectivity index (χ0n) is 11.2. The van der Waals surface area contributed by atoms with E-state index >= 15 is 0 Å². The fourth-order valence-electron chi connectivity index (χ4n) is 3.16. The lowest BCUT2D eigenvalue weighted by Gasteiger charge is -2.48. The van der Waals surface area contributed by atoms with E-state index in [1.165, 1.54) is 0 Å². The van der Waals surface area contributed by atoms with Crippen LogP contribution in [0, 0.1) is 5.92 Å². The Bertz CT molecular complexity index is 584. The van der Waals surface area contributed by atoms with Crippen molar-refractivity contribution in [1.29, 1.82) is 0 Å². The Balaban J connectivity index is 2.08. The summed E-state index contributed by atoms with van der Waals surface area (Å²) in [4.78, 5) is 24.2. The first-order valence-corrected chi connectivity index (χ1v) is 7.20. The number of benzene rings is 1. The number of methoxy groups -OCH3 is 1. The summed E-state index contributed by atoms with van der Waals surface area (Å²) in [6.45, 7) is 1.83. The molecule has 5 nitrogen and oxygen atoms in total. The molecule has 106 valence electrons. The average molecular weight is 339 g/mol. The van der Waals surface area contributed by atoms with E-state index in [0.717, 1.165) is 10.0 Å². The minimum absolute atomic E-state index is 0.171. The first-order chi connectivity index (χ1) is 9.43. The molecule has 0 saturated carbocycles. The van der Waals surface area contributed by atoms with E-state index < -0.39 is 11.6 Å². The van der Waals surface area contributed by atoms with Gasteiger partial charge in [0.15, 0.2) is 0 Å². The van der Waals surface area contributed by atoms with Crippen LogP contribution in [0.2, 0.25) is 0 Å². The molecular weight excluding hydrogens is 324 g/mol. The van der Waals surface area contributed by atoms with Crippen LogP contribution >= 0.6 is 15.9 Å². The van der Waals surface area contributed by atoms with Crippen molar-refractivity contribution in [3.63, 3.8) is 0 Å². The minimum Gasteiger partial charge on any atom is -0.496 e. The SMILES string of the molecule is COc1ccc(Br)cc1[C@H]1CC2(C)NC(=O)C1C(=O)N2. The fourth-order valence-corrected chi connectivity index (χ4v) is 3.54. The van der Waals surface area contributed by atoms with Crippen molar-refractivity contribution in [3.05, 3.63) is 28.2 Å². The number of hydrogen-bond acceptors (Lipinski definition) is 3. The van der Waals surface area contributed by atoms with Gasteiger partial charge >= 0.3 is 0 Å². The van der Waals surface area contributed by atoms with E-state index in [-0.39, 0.29) is 17.7 Å². The molecule has 3 heterocycles. The highest BCUT2D eigenvalue weighted by Crippen LogP contribution is 2.44. The van der Waals surface area contributed by atoms with E-state index in [2.05, 4.69) is 26.6 Å². The maximum absolute atomic E-state index is 12.1. The minimum atomic E-state index is -0.694. The zero-order chi connectivity index (χ0) is 14.5. The van der Waals surface area contributed by atoms with Crippen LogP contribution in [0.25, 0.3) is 0 Å². The Hall–Kier alpha value is -1.56. The fraction of sp³-hybridized carbons (Fsp3) is 0.429. The first-order valence-electron chi connectivity index (χ1n) is 6.41. The molecule has 0 spiro atoms. The summed E-state index contributed by atoms with van der Waals surface area (Å²) < 4.78 is 6.28. The normalized spacial score (nSPS) is 31.8. The maximum Gasteiger partial charge on any atom is 0.235 e. The quantitative estimate of drug-likeness (QED) is 0.803. The molecule has 0 radical (unpaired) electrons. The van der Waals surface area contributed by atoms with Crippen LogP contribution in [0.15, 0.2) is 22.7 Å². The largest absolute Gasteiger partial charge is 0.496 e. The van der Waals surface area contributed by atoms with E-state index in [1.54, 1.807) is 7.11 Å². The summed E-state index contributed by atoms with van der Waals surface area (Å²) in [6.07, 6.45) is 0.655. The zero-order valence-corrected chi connectivity index (χ0v) is 12.8. The predicted octanol–water partition coefficient (Wildman–Crippen LogP) is 1.52. The second kappa shape index (κ2) is 4.48. The van der Waals surface area contributed by atoms with Crippen LogP contribution < -0.4 is 15.4 Å². The summed E-state index contributed by atoms with van der Waals surface area (Å²) in [5, 5.41) is 5.70. The Morgan fingerprint density at radius 1 is 1.30 bits per heavy atom. The number of hydrogen-bond donors (Lipinski definition) is 2. The van der Waals surface area contributed by atoms with Gasteiger partial charge in [0, 0.05) is 10.4 Å². The summed E-state index contributed by atoms with van der Waals surface area (Å²) in [6, 6.07) is 5.65. The third kappa shape index (κ3) is 1.98. The molecule has 1 aromatic rings. The number of carbonyl (C=O) groups is 2. The molecule has 0 aromatic heterocycles. The lowest BCUT2D eigenvalue weighted by atomic mass is 9.72.